The fraction of sp³-hybridized carbons (Fsp3) is 0.433. The van der Waals surface area contributed by atoms with Crippen molar-refractivity contribution in [1.29, 1.82) is 5.26 Å². The van der Waals surface area contributed by atoms with Crippen molar-refractivity contribution >= 4 is 34.3 Å². The minimum Gasteiger partial charge on any atom is -0.444 e. The number of halogens is 2. The molecule has 0 bridgehead atoms. The quantitative estimate of drug-likeness (QED) is 0.365. The van der Waals surface area contributed by atoms with E-state index in [1.54, 1.807) is 17.0 Å². The lowest BCUT2D eigenvalue weighted by atomic mass is 9.90. The number of ether oxygens (including phenoxy) is 1. The van der Waals surface area contributed by atoms with Crippen LogP contribution in [-0.2, 0) is 11.2 Å². The van der Waals surface area contributed by atoms with Gasteiger partial charge in [0.05, 0.1) is 6.07 Å². The highest BCUT2D eigenvalue weighted by molar-refractivity contribution is 6.31. The molecule has 200 valence electrons. The molecule has 2 heterocycles. The van der Waals surface area contributed by atoms with E-state index in [9.17, 15) is 10.1 Å². The summed E-state index contributed by atoms with van der Waals surface area (Å²) in [5.41, 5.74) is 4.80. The number of rotatable bonds is 5. The molecule has 0 spiro atoms. The summed E-state index contributed by atoms with van der Waals surface area (Å²) in [4.78, 5) is 18.9. The lowest BCUT2D eigenvalue weighted by Crippen LogP contribution is -2.36. The predicted octanol–water partition coefficient (Wildman–Crippen LogP) is 7.50. The maximum atomic E-state index is 16.4. The molecule has 1 atom stereocenters. The maximum Gasteiger partial charge on any atom is 0.410 e. The Balaban J connectivity index is 1.79. The van der Waals surface area contributed by atoms with Crippen LogP contribution >= 0.6 is 11.6 Å². The maximum absolute atomic E-state index is 16.4. The third-order valence-corrected chi connectivity index (χ3v) is 7.43. The Labute approximate surface area is 228 Å². The molecule has 3 aromatic rings. The number of amides is 1. The van der Waals surface area contributed by atoms with Crippen molar-refractivity contribution in [1.82, 2.24) is 9.88 Å². The summed E-state index contributed by atoms with van der Waals surface area (Å²) in [6.07, 6.45) is 1.06. The van der Waals surface area contributed by atoms with Crippen LogP contribution in [0.15, 0.2) is 24.3 Å². The van der Waals surface area contributed by atoms with E-state index in [-0.39, 0.29) is 24.1 Å². The van der Waals surface area contributed by atoms with Gasteiger partial charge in [-0.1, -0.05) is 23.7 Å². The van der Waals surface area contributed by atoms with Gasteiger partial charge >= 0.3 is 6.09 Å². The number of likely N-dealkylation sites (tertiary alicyclic amines) is 1. The largest absolute Gasteiger partial charge is 0.444 e. The minimum absolute atomic E-state index is 0.0216. The van der Waals surface area contributed by atoms with Crippen molar-refractivity contribution in [2.75, 3.05) is 18.4 Å². The Morgan fingerprint density at radius 2 is 2.03 bits per heavy atom. The van der Waals surface area contributed by atoms with Gasteiger partial charge in [-0.2, -0.15) is 5.26 Å². The first-order chi connectivity index (χ1) is 17.9. The molecule has 1 aliphatic heterocycles. The fourth-order valence-corrected chi connectivity index (χ4v) is 5.12. The van der Waals surface area contributed by atoms with E-state index in [4.69, 9.17) is 16.3 Å². The number of nitrogens with one attached hydrogen (secondary N) is 1. The monoisotopic (exact) mass is 536 g/mol. The van der Waals surface area contributed by atoms with Crippen molar-refractivity contribution < 1.29 is 13.9 Å². The second-order valence-electron chi connectivity index (χ2n) is 10.9. The van der Waals surface area contributed by atoms with Crippen LogP contribution < -0.4 is 5.32 Å². The third-order valence-electron chi connectivity index (χ3n) is 7.02. The molecule has 6 nitrogen and oxygen atoms in total. The number of pyridine rings is 1. The predicted molar refractivity (Wildman–Crippen MR) is 150 cm³/mol. The molecule has 0 saturated carbocycles. The summed E-state index contributed by atoms with van der Waals surface area (Å²) in [6, 6.07) is 9.55. The number of carbonyl (C=O) groups excluding carboxylic acids is 1. The smallest absolute Gasteiger partial charge is 0.410 e. The van der Waals surface area contributed by atoms with Crippen LogP contribution in [0.2, 0.25) is 5.02 Å². The van der Waals surface area contributed by atoms with Crippen LogP contribution in [0.5, 0.6) is 0 Å². The highest BCUT2D eigenvalue weighted by atomic mass is 35.5. The molecular weight excluding hydrogens is 503 g/mol. The summed E-state index contributed by atoms with van der Waals surface area (Å²) < 4.78 is 21.9. The van der Waals surface area contributed by atoms with E-state index in [2.05, 4.69) is 16.4 Å². The zero-order chi connectivity index (χ0) is 27.8. The zero-order valence-electron chi connectivity index (χ0n) is 22.8. The van der Waals surface area contributed by atoms with E-state index >= 15 is 4.39 Å². The highest BCUT2D eigenvalue weighted by Gasteiger charge is 2.31. The van der Waals surface area contributed by atoms with E-state index in [1.807, 2.05) is 53.7 Å². The summed E-state index contributed by atoms with van der Waals surface area (Å²) in [5, 5.41) is 14.1. The zero-order valence-corrected chi connectivity index (χ0v) is 23.6. The van der Waals surface area contributed by atoms with Gasteiger partial charge in [0.1, 0.15) is 11.1 Å². The van der Waals surface area contributed by atoms with Crippen molar-refractivity contribution in [2.45, 2.75) is 72.4 Å². The number of hydrogen-bond acceptors (Lipinski definition) is 5. The number of aryl methyl sites for hydroxylation is 2. The molecule has 38 heavy (non-hydrogen) atoms. The van der Waals surface area contributed by atoms with Gasteiger partial charge < -0.3 is 15.0 Å². The minimum atomic E-state index is -0.562. The molecule has 1 amide bonds. The molecule has 1 unspecified atom stereocenters. The van der Waals surface area contributed by atoms with Gasteiger partial charge in [0, 0.05) is 52.9 Å². The Bertz CT molecular complexity index is 1440. The number of fused-ring (bicyclic) bond motifs is 1. The van der Waals surface area contributed by atoms with Crippen molar-refractivity contribution in [3.05, 3.63) is 57.5 Å². The molecule has 1 N–H and O–H groups in total. The first kappa shape index (κ1) is 27.7. The number of carbonyl (C=O) groups is 1. The lowest BCUT2D eigenvalue weighted by Gasteiger charge is -2.25. The molecule has 8 heteroatoms. The van der Waals surface area contributed by atoms with Crippen LogP contribution in [0.4, 0.5) is 14.9 Å². The third kappa shape index (κ3) is 5.56. The van der Waals surface area contributed by atoms with Gasteiger partial charge in [0.2, 0.25) is 0 Å². The average molecular weight is 537 g/mol. The number of hydrogen-bond donors (Lipinski definition) is 1. The van der Waals surface area contributed by atoms with Gasteiger partial charge in [-0.25, -0.2) is 14.2 Å². The van der Waals surface area contributed by atoms with Gasteiger partial charge in [0.25, 0.3) is 0 Å². The normalized spacial score (nSPS) is 15.6. The standard InChI is InChI=1S/C30H34ClFN4O2/c1-17-19(3)34-28-23(27(17)35-21-12-14-36(16-21)29(37)38-30(4,5)6)15-20(9-8-13-33)25(26(28)32)22-10-7-11-24(31)18(22)2/h7,10-11,15,21H,8-9,12,14,16H2,1-6H3,(H,34,35). The van der Waals surface area contributed by atoms with Crippen molar-refractivity contribution in [3.63, 3.8) is 0 Å². The second kappa shape index (κ2) is 10.8. The fourth-order valence-electron chi connectivity index (χ4n) is 4.94. The Kier molecular flexibility index (Phi) is 7.85. The average Bonchev–Trinajstić information content (AvgIpc) is 3.31. The number of nitriles is 1. The molecule has 4 rings (SSSR count). The van der Waals surface area contributed by atoms with Crippen LogP contribution in [0.1, 0.15) is 56.0 Å². The van der Waals surface area contributed by atoms with Gasteiger partial charge in [-0.3, -0.25) is 0 Å². The molecule has 0 aliphatic carbocycles. The molecule has 1 fully saturated rings. The van der Waals surface area contributed by atoms with Crippen molar-refractivity contribution in [2.24, 2.45) is 0 Å². The van der Waals surface area contributed by atoms with Crippen LogP contribution in [-0.4, -0.2) is 40.7 Å². The van der Waals surface area contributed by atoms with Crippen LogP contribution in [0.3, 0.4) is 0 Å². The Hall–Kier alpha value is -3.37. The first-order valence-electron chi connectivity index (χ1n) is 12.9. The summed E-state index contributed by atoms with van der Waals surface area (Å²) in [5.74, 6) is -0.422. The molecule has 1 aliphatic rings. The molecular formula is C30H34ClFN4O2. The SMILES string of the molecule is Cc1nc2c(F)c(-c3cccc(Cl)c3C)c(CCC#N)cc2c(NC2CCN(C(=O)OC(C)(C)C)C2)c1C. The summed E-state index contributed by atoms with van der Waals surface area (Å²) in [6.45, 7) is 12.3. The van der Waals surface area contributed by atoms with Gasteiger partial charge in [0.15, 0.2) is 5.82 Å². The van der Waals surface area contributed by atoms with Crippen molar-refractivity contribution in [3.8, 4) is 17.2 Å². The number of aromatic nitrogens is 1. The lowest BCUT2D eigenvalue weighted by molar-refractivity contribution is 0.0293. The molecule has 0 radical (unpaired) electrons. The number of anilines is 1. The highest BCUT2D eigenvalue weighted by Crippen LogP contribution is 2.40. The Morgan fingerprint density at radius 1 is 1.29 bits per heavy atom. The van der Waals surface area contributed by atoms with E-state index in [0.717, 1.165) is 34.5 Å². The summed E-state index contributed by atoms with van der Waals surface area (Å²) >= 11 is 6.39. The van der Waals surface area contributed by atoms with E-state index < -0.39 is 11.4 Å². The molecule has 1 aromatic heterocycles. The van der Waals surface area contributed by atoms with E-state index in [1.165, 1.54) is 0 Å². The molecule has 2 aromatic carbocycles. The second-order valence-corrected chi connectivity index (χ2v) is 11.4. The number of nitrogens with zero attached hydrogens (tertiary/aromatic N) is 3. The van der Waals surface area contributed by atoms with E-state index in [0.29, 0.717) is 41.0 Å². The van der Waals surface area contributed by atoms with Gasteiger partial charge in [-0.15, -0.1) is 0 Å². The van der Waals surface area contributed by atoms with Crippen LogP contribution in [0.25, 0.3) is 22.0 Å². The Morgan fingerprint density at radius 3 is 2.71 bits per heavy atom. The van der Waals surface area contributed by atoms with Crippen LogP contribution in [0, 0.1) is 37.9 Å². The topological polar surface area (TPSA) is 78.3 Å². The van der Waals surface area contributed by atoms with Gasteiger partial charge in [-0.05, 0) is 88.8 Å². The summed E-state index contributed by atoms with van der Waals surface area (Å²) in [7, 11) is 0. The first-order valence-corrected chi connectivity index (χ1v) is 13.3. The molecule has 1 saturated heterocycles. The number of benzene rings is 2.